The lowest BCUT2D eigenvalue weighted by atomic mass is 10.0. The van der Waals surface area contributed by atoms with Gasteiger partial charge in [-0.3, -0.25) is 4.57 Å². The maximum absolute atomic E-state index is 13.5. The van der Waals surface area contributed by atoms with Crippen molar-refractivity contribution in [1.82, 2.24) is 9.55 Å². The second-order valence-corrected chi connectivity index (χ2v) is 5.93. The number of nitrogens with two attached hydrogens (primary N) is 1. The fourth-order valence-corrected chi connectivity index (χ4v) is 3.00. The Morgan fingerprint density at radius 2 is 1.54 bits per heavy atom. The minimum Gasteiger partial charge on any atom is -0.399 e. The highest BCUT2D eigenvalue weighted by molar-refractivity contribution is 5.79. The Labute approximate surface area is 147 Å². The minimum absolute atomic E-state index is 0.305. The van der Waals surface area contributed by atoms with E-state index in [-0.39, 0.29) is 0 Å². The third-order valence-electron chi connectivity index (χ3n) is 4.16. The average molecular weight is 353 g/mol. The number of nitrogens with zero attached hydrogens (tertiary/aromatic N) is 2. The Bertz CT molecular complexity index is 1080. The molecule has 1 heterocycles. The normalized spacial score (nSPS) is 11.8. The summed E-state index contributed by atoms with van der Waals surface area (Å²) in [6.45, 7) is 0. The van der Waals surface area contributed by atoms with Gasteiger partial charge in [0.1, 0.15) is 0 Å². The molecule has 6 heteroatoms. The first-order valence-electron chi connectivity index (χ1n) is 7.94. The predicted molar refractivity (Wildman–Crippen MR) is 95.9 cm³/mol. The molecule has 0 bridgehead atoms. The van der Waals surface area contributed by atoms with Crippen LogP contribution in [0.4, 0.5) is 18.9 Å². The summed E-state index contributed by atoms with van der Waals surface area (Å²) in [5, 5.41) is 0. The van der Waals surface area contributed by atoms with Crippen LogP contribution in [0.2, 0.25) is 0 Å². The highest BCUT2D eigenvalue weighted by Crippen LogP contribution is 2.34. The van der Waals surface area contributed by atoms with E-state index in [1.165, 1.54) is 0 Å². The van der Waals surface area contributed by atoms with Crippen molar-refractivity contribution in [2.24, 2.45) is 0 Å². The molecule has 4 rings (SSSR count). The van der Waals surface area contributed by atoms with Crippen LogP contribution in [0, 0.1) is 0 Å². The molecular weight excluding hydrogens is 339 g/mol. The van der Waals surface area contributed by atoms with Crippen LogP contribution in [0.1, 0.15) is 5.82 Å². The summed E-state index contributed by atoms with van der Waals surface area (Å²) in [5.74, 6) is -0.935. The molecule has 1 aromatic heterocycles. The fraction of sp³-hybridized carbons (Fsp3) is 0.0500. The second kappa shape index (κ2) is 5.91. The molecule has 0 saturated heterocycles. The number of hydrogen-bond donors (Lipinski definition) is 1. The van der Waals surface area contributed by atoms with Crippen LogP contribution in [0.25, 0.3) is 27.8 Å². The Hall–Kier alpha value is -3.28. The summed E-state index contributed by atoms with van der Waals surface area (Å²) in [5.41, 5.74) is 9.33. The van der Waals surface area contributed by atoms with Gasteiger partial charge in [-0.05, 0) is 47.5 Å². The van der Waals surface area contributed by atoms with Crippen LogP contribution in [0.5, 0.6) is 0 Å². The molecule has 4 aromatic rings. The standard InChI is InChI=1S/C20H14F3N3/c21-20(22,23)19-25-17-6-1-2-7-18(17)26(19)16-10-8-13(9-11-16)14-4-3-5-15(24)12-14/h1-12H,24H2. The van der Waals surface area contributed by atoms with E-state index in [1.54, 1.807) is 54.6 Å². The molecule has 0 amide bonds. The lowest BCUT2D eigenvalue weighted by Crippen LogP contribution is -2.13. The zero-order valence-electron chi connectivity index (χ0n) is 13.5. The molecule has 3 aromatic carbocycles. The third kappa shape index (κ3) is 2.79. The first-order valence-corrected chi connectivity index (χ1v) is 7.94. The highest BCUT2D eigenvalue weighted by atomic mass is 19.4. The summed E-state index contributed by atoms with van der Waals surface area (Å²) in [6, 6.07) is 20.8. The molecule has 0 aliphatic heterocycles. The molecule has 0 unspecified atom stereocenters. The lowest BCUT2D eigenvalue weighted by Gasteiger charge is -2.12. The number of para-hydroxylation sites is 2. The van der Waals surface area contributed by atoms with Gasteiger partial charge in [0.15, 0.2) is 0 Å². The van der Waals surface area contributed by atoms with Crippen molar-refractivity contribution in [3.05, 3.63) is 78.6 Å². The molecular formula is C20H14F3N3. The van der Waals surface area contributed by atoms with E-state index in [1.807, 2.05) is 18.2 Å². The van der Waals surface area contributed by atoms with E-state index in [4.69, 9.17) is 5.73 Å². The minimum atomic E-state index is -4.55. The van der Waals surface area contributed by atoms with Crippen LogP contribution in [0.3, 0.4) is 0 Å². The number of alkyl halides is 3. The zero-order chi connectivity index (χ0) is 18.3. The van der Waals surface area contributed by atoms with Crippen LogP contribution >= 0.6 is 0 Å². The van der Waals surface area contributed by atoms with Gasteiger partial charge in [-0.1, -0.05) is 36.4 Å². The third-order valence-corrected chi connectivity index (χ3v) is 4.16. The zero-order valence-corrected chi connectivity index (χ0v) is 13.5. The number of imidazole rings is 1. The van der Waals surface area contributed by atoms with Gasteiger partial charge in [0, 0.05) is 11.4 Å². The first kappa shape index (κ1) is 16.2. The van der Waals surface area contributed by atoms with Crippen molar-refractivity contribution < 1.29 is 13.2 Å². The van der Waals surface area contributed by atoms with E-state index in [0.29, 0.717) is 22.4 Å². The van der Waals surface area contributed by atoms with Crippen molar-refractivity contribution in [2.75, 3.05) is 5.73 Å². The summed E-state index contributed by atoms with van der Waals surface area (Å²) in [4.78, 5) is 3.77. The highest BCUT2D eigenvalue weighted by Gasteiger charge is 2.38. The molecule has 3 nitrogen and oxygen atoms in total. The maximum atomic E-state index is 13.5. The molecule has 0 atom stereocenters. The summed E-state index contributed by atoms with van der Waals surface area (Å²) >= 11 is 0. The topological polar surface area (TPSA) is 43.8 Å². The first-order chi connectivity index (χ1) is 12.4. The van der Waals surface area contributed by atoms with E-state index < -0.39 is 12.0 Å². The number of rotatable bonds is 2. The lowest BCUT2D eigenvalue weighted by molar-refractivity contribution is -0.145. The van der Waals surface area contributed by atoms with Gasteiger partial charge in [0.2, 0.25) is 5.82 Å². The molecule has 0 radical (unpaired) electrons. The molecule has 130 valence electrons. The van der Waals surface area contributed by atoms with E-state index in [9.17, 15) is 13.2 Å². The van der Waals surface area contributed by atoms with Crippen molar-refractivity contribution >= 4 is 16.7 Å². The van der Waals surface area contributed by atoms with Crippen LogP contribution in [-0.4, -0.2) is 9.55 Å². The fourth-order valence-electron chi connectivity index (χ4n) is 3.00. The smallest absolute Gasteiger partial charge is 0.399 e. The van der Waals surface area contributed by atoms with E-state index in [0.717, 1.165) is 15.7 Å². The largest absolute Gasteiger partial charge is 0.450 e. The van der Waals surface area contributed by atoms with E-state index >= 15 is 0 Å². The molecule has 0 saturated carbocycles. The Morgan fingerprint density at radius 1 is 0.808 bits per heavy atom. The van der Waals surface area contributed by atoms with Crippen LogP contribution in [0.15, 0.2) is 72.8 Å². The number of aromatic nitrogens is 2. The van der Waals surface area contributed by atoms with Crippen molar-refractivity contribution in [3.63, 3.8) is 0 Å². The number of nitrogen functional groups attached to an aromatic ring is 1. The van der Waals surface area contributed by atoms with Gasteiger partial charge in [0.05, 0.1) is 11.0 Å². The molecule has 0 aliphatic rings. The van der Waals surface area contributed by atoms with Gasteiger partial charge in [0.25, 0.3) is 0 Å². The Kier molecular flexibility index (Phi) is 3.68. The quantitative estimate of drug-likeness (QED) is 0.497. The SMILES string of the molecule is Nc1cccc(-c2ccc(-n3c(C(F)(F)F)nc4ccccc43)cc2)c1. The summed E-state index contributed by atoms with van der Waals surface area (Å²) < 4.78 is 41.5. The number of fused-ring (bicyclic) bond motifs is 1. The van der Waals surface area contributed by atoms with Crippen molar-refractivity contribution in [3.8, 4) is 16.8 Å². The monoisotopic (exact) mass is 353 g/mol. The second-order valence-electron chi connectivity index (χ2n) is 5.93. The average Bonchev–Trinajstić information content (AvgIpc) is 3.02. The molecule has 0 fully saturated rings. The summed E-state index contributed by atoms with van der Waals surface area (Å²) in [7, 11) is 0. The van der Waals surface area contributed by atoms with Gasteiger partial charge in [-0.2, -0.15) is 13.2 Å². The van der Waals surface area contributed by atoms with Gasteiger partial charge in [-0.25, -0.2) is 4.98 Å². The predicted octanol–water partition coefficient (Wildman–Crippen LogP) is 5.29. The molecule has 2 N–H and O–H groups in total. The number of benzene rings is 3. The van der Waals surface area contributed by atoms with Crippen LogP contribution in [-0.2, 0) is 6.18 Å². The Balaban J connectivity index is 1.86. The van der Waals surface area contributed by atoms with Crippen LogP contribution < -0.4 is 5.73 Å². The Morgan fingerprint density at radius 3 is 2.23 bits per heavy atom. The van der Waals surface area contributed by atoms with Crippen molar-refractivity contribution in [2.45, 2.75) is 6.18 Å². The number of halogens is 3. The van der Waals surface area contributed by atoms with Gasteiger partial charge < -0.3 is 5.73 Å². The number of anilines is 1. The maximum Gasteiger partial charge on any atom is 0.450 e. The van der Waals surface area contributed by atoms with Gasteiger partial charge in [-0.15, -0.1) is 0 Å². The van der Waals surface area contributed by atoms with Crippen molar-refractivity contribution in [1.29, 1.82) is 0 Å². The molecule has 0 spiro atoms. The molecule has 26 heavy (non-hydrogen) atoms. The van der Waals surface area contributed by atoms with Gasteiger partial charge >= 0.3 is 6.18 Å². The van der Waals surface area contributed by atoms with E-state index in [2.05, 4.69) is 4.98 Å². The number of hydrogen-bond acceptors (Lipinski definition) is 2. The molecule has 0 aliphatic carbocycles. The summed E-state index contributed by atoms with van der Waals surface area (Å²) in [6.07, 6.45) is -4.55.